The molecule has 0 bridgehead atoms. The predicted octanol–water partition coefficient (Wildman–Crippen LogP) is 2.97. The first kappa shape index (κ1) is 23.0. The SMILES string of the molecule is CCNC(=NCC(C)c1ccsc1)NCC1CCN(S(=O)(=O)C(F)(F)F)CC1. The first-order chi connectivity index (χ1) is 13.1. The maximum absolute atomic E-state index is 12.6. The molecule has 1 saturated heterocycles. The number of hydrogen-bond donors (Lipinski definition) is 2. The maximum atomic E-state index is 12.6. The molecule has 0 aliphatic carbocycles. The highest BCUT2D eigenvalue weighted by Gasteiger charge is 2.50. The summed E-state index contributed by atoms with van der Waals surface area (Å²) in [6, 6.07) is 2.08. The van der Waals surface area contributed by atoms with Gasteiger partial charge in [-0.05, 0) is 48.1 Å². The lowest BCUT2D eigenvalue weighted by molar-refractivity contribution is -0.0496. The summed E-state index contributed by atoms with van der Waals surface area (Å²) in [6.45, 7) is 5.69. The quantitative estimate of drug-likeness (QED) is 0.505. The Morgan fingerprint density at radius 3 is 2.57 bits per heavy atom. The molecule has 1 fully saturated rings. The van der Waals surface area contributed by atoms with E-state index in [4.69, 9.17) is 0 Å². The van der Waals surface area contributed by atoms with Crippen molar-refractivity contribution in [3.05, 3.63) is 22.4 Å². The highest BCUT2D eigenvalue weighted by molar-refractivity contribution is 7.90. The van der Waals surface area contributed by atoms with Crippen molar-refractivity contribution >= 4 is 27.3 Å². The van der Waals surface area contributed by atoms with Crippen LogP contribution >= 0.6 is 11.3 Å². The van der Waals surface area contributed by atoms with Crippen molar-refractivity contribution < 1.29 is 21.6 Å². The first-order valence-corrected chi connectivity index (χ1v) is 11.6. The molecular formula is C17H27F3N4O2S2. The molecule has 0 spiro atoms. The molecule has 1 aliphatic heterocycles. The molecule has 0 radical (unpaired) electrons. The number of guanidine groups is 1. The number of halogens is 3. The van der Waals surface area contributed by atoms with E-state index in [9.17, 15) is 21.6 Å². The summed E-state index contributed by atoms with van der Waals surface area (Å²) < 4.78 is 61.4. The van der Waals surface area contributed by atoms with Gasteiger partial charge in [-0.15, -0.1) is 0 Å². The molecule has 2 heterocycles. The van der Waals surface area contributed by atoms with Crippen LogP contribution in [0.5, 0.6) is 0 Å². The maximum Gasteiger partial charge on any atom is 0.511 e. The van der Waals surface area contributed by atoms with Crippen molar-refractivity contribution in [2.45, 2.75) is 38.1 Å². The van der Waals surface area contributed by atoms with Gasteiger partial charge in [-0.3, -0.25) is 4.99 Å². The van der Waals surface area contributed by atoms with Gasteiger partial charge in [0, 0.05) is 38.6 Å². The average Bonchev–Trinajstić information content (AvgIpc) is 3.18. The Balaban J connectivity index is 1.83. The molecule has 0 aromatic carbocycles. The van der Waals surface area contributed by atoms with Crippen LogP contribution < -0.4 is 10.6 Å². The van der Waals surface area contributed by atoms with Gasteiger partial charge in [0.1, 0.15) is 0 Å². The van der Waals surface area contributed by atoms with Crippen LogP contribution in [-0.4, -0.2) is 56.9 Å². The number of aliphatic imine (C=N–C) groups is 1. The van der Waals surface area contributed by atoms with E-state index in [0.717, 1.165) is 0 Å². The fourth-order valence-corrected chi connectivity index (χ4v) is 4.74. The predicted molar refractivity (Wildman–Crippen MR) is 106 cm³/mol. The second-order valence-electron chi connectivity index (χ2n) is 6.85. The molecule has 2 rings (SSSR count). The molecule has 1 aromatic rings. The van der Waals surface area contributed by atoms with Crippen LogP contribution in [0.4, 0.5) is 13.2 Å². The number of nitrogens with zero attached hydrogens (tertiary/aromatic N) is 2. The molecular weight excluding hydrogens is 413 g/mol. The Labute approximate surface area is 168 Å². The van der Waals surface area contributed by atoms with Crippen LogP contribution in [0.2, 0.25) is 0 Å². The number of piperidine rings is 1. The van der Waals surface area contributed by atoms with Gasteiger partial charge in [0.15, 0.2) is 5.96 Å². The largest absolute Gasteiger partial charge is 0.511 e. The number of alkyl halides is 3. The zero-order chi connectivity index (χ0) is 20.8. The Morgan fingerprint density at radius 2 is 2.04 bits per heavy atom. The van der Waals surface area contributed by atoms with Crippen LogP contribution in [0.1, 0.15) is 38.2 Å². The van der Waals surface area contributed by atoms with Crippen molar-refractivity contribution in [3.63, 3.8) is 0 Å². The van der Waals surface area contributed by atoms with Crippen molar-refractivity contribution in [3.8, 4) is 0 Å². The lowest BCUT2D eigenvalue weighted by Gasteiger charge is -2.31. The zero-order valence-corrected chi connectivity index (χ0v) is 17.6. The number of thiophene rings is 1. The van der Waals surface area contributed by atoms with E-state index in [2.05, 4.69) is 34.0 Å². The van der Waals surface area contributed by atoms with Crippen LogP contribution in [-0.2, 0) is 10.0 Å². The van der Waals surface area contributed by atoms with Crippen molar-refractivity contribution in [2.24, 2.45) is 10.9 Å². The average molecular weight is 441 g/mol. The van der Waals surface area contributed by atoms with Crippen LogP contribution in [0.25, 0.3) is 0 Å². The second kappa shape index (κ2) is 9.93. The Bertz CT molecular complexity index is 728. The van der Waals surface area contributed by atoms with E-state index in [1.807, 2.05) is 12.3 Å². The van der Waals surface area contributed by atoms with E-state index in [1.54, 1.807) is 11.3 Å². The lowest BCUT2D eigenvalue weighted by atomic mass is 9.98. The molecule has 0 amide bonds. The molecule has 1 unspecified atom stereocenters. The summed E-state index contributed by atoms with van der Waals surface area (Å²) in [5.41, 5.74) is -4.00. The first-order valence-electron chi connectivity index (χ1n) is 9.25. The van der Waals surface area contributed by atoms with Gasteiger partial charge in [0.2, 0.25) is 0 Å². The van der Waals surface area contributed by atoms with Gasteiger partial charge >= 0.3 is 15.5 Å². The van der Waals surface area contributed by atoms with E-state index < -0.39 is 15.5 Å². The van der Waals surface area contributed by atoms with Gasteiger partial charge < -0.3 is 10.6 Å². The number of nitrogens with one attached hydrogen (secondary N) is 2. The fourth-order valence-electron chi connectivity index (χ4n) is 2.97. The minimum Gasteiger partial charge on any atom is -0.357 e. The smallest absolute Gasteiger partial charge is 0.357 e. The van der Waals surface area contributed by atoms with Crippen LogP contribution in [0.15, 0.2) is 21.8 Å². The van der Waals surface area contributed by atoms with E-state index in [-0.39, 0.29) is 24.9 Å². The van der Waals surface area contributed by atoms with Gasteiger partial charge in [0.25, 0.3) is 0 Å². The highest BCUT2D eigenvalue weighted by atomic mass is 32.2. The molecule has 6 nitrogen and oxygen atoms in total. The summed E-state index contributed by atoms with van der Waals surface area (Å²) in [5.74, 6) is 1.05. The monoisotopic (exact) mass is 440 g/mol. The Morgan fingerprint density at radius 1 is 1.36 bits per heavy atom. The molecule has 160 valence electrons. The summed E-state index contributed by atoms with van der Waals surface area (Å²) in [6.07, 6.45) is 0.764. The highest BCUT2D eigenvalue weighted by Crippen LogP contribution is 2.30. The van der Waals surface area contributed by atoms with E-state index in [1.165, 1.54) is 5.56 Å². The van der Waals surface area contributed by atoms with Crippen molar-refractivity contribution in [1.82, 2.24) is 14.9 Å². The van der Waals surface area contributed by atoms with Gasteiger partial charge in [0.05, 0.1) is 0 Å². The van der Waals surface area contributed by atoms with Crippen molar-refractivity contribution in [2.75, 3.05) is 32.7 Å². The fraction of sp³-hybridized carbons (Fsp3) is 0.706. The molecule has 1 atom stereocenters. The standard InChI is InChI=1S/C17H27F3N4O2S2/c1-3-21-16(22-10-13(2)15-6-9-27-12-15)23-11-14-4-7-24(8-5-14)28(25,26)17(18,19)20/h6,9,12-14H,3-5,7-8,10-11H2,1-2H3,(H2,21,22,23). The number of sulfonamides is 1. The summed E-state index contributed by atoms with van der Waals surface area (Å²) in [4.78, 5) is 4.58. The van der Waals surface area contributed by atoms with Gasteiger partial charge in [-0.2, -0.15) is 28.8 Å². The third kappa shape index (κ3) is 6.08. The zero-order valence-electron chi connectivity index (χ0n) is 16.0. The lowest BCUT2D eigenvalue weighted by Crippen LogP contribution is -2.47. The van der Waals surface area contributed by atoms with Gasteiger partial charge in [-0.25, -0.2) is 8.42 Å². The van der Waals surface area contributed by atoms with Crippen molar-refractivity contribution in [1.29, 1.82) is 0 Å². The van der Waals surface area contributed by atoms with E-state index >= 15 is 0 Å². The minimum absolute atomic E-state index is 0.0952. The third-order valence-electron chi connectivity index (χ3n) is 4.74. The minimum atomic E-state index is -5.23. The molecule has 0 saturated carbocycles. The molecule has 2 N–H and O–H groups in total. The topological polar surface area (TPSA) is 73.8 Å². The second-order valence-corrected chi connectivity index (χ2v) is 9.56. The normalized spacial score (nSPS) is 18.8. The molecule has 28 heavy (non-hydrogen) atoms. The van der Waals surface area contributed by atoms with Crippen LogP contribution in [0.3, 0.4) is 0 Å². The van der Waals surface area contributed by atoms with E-state index in [0.29, 0.717) is 42.7 Å². The summed E-state index contributed by atoms with van der Waals surface area (Å²) in [5, 5.41) is 10.5. The molecule has 1 aromatic heterocycles. The van der Waals surface area contributed by atoms with Gasteiger partial charge in [-0.1, -0.05) is 6.92 Å². The Kier molecular flexibility index (Phi) is 8.14. The summed E-state index contributed by atoms with van der Waals surface area (Å²) >= 11 is 1.65. The number of rotatable bonds is 7. The number of hydrogen-bond acceptors (Lipinski definition) is 4. The molecule has 1 aliphatic rings. The molecule has 11 heteroatoms. The third-order valence-corrected chi connectivity index (χ3v) is 7.08. The van der Waals surface area contributed by atoms with Crippen LogP contribution in [0, 0.1) is 5.92 Å². The summed E-state index contributed by atoms with van der Waals surface area (Å²) in [7, 11) is -5.22. The Hall–Kier alpha value is -1.33.